The summed E-state index contributed by atoms with van der Waals surface area (Å²) in [5, 5.41) is 17.9. The standard InChI is InChI=1S/C15H11F2N3O2/c16-9-5-6-12(17)11(7-9)14(21)8-20-15(22)10-3-1-2-4-13(10)18-19-20/h1-7,14,21H,8H2/t14-/m1/s1. The molecule has 5 nitrogen and oxygen atoms in total. The van der Waals surface area contributed by atoms with Gasteiger partial charge in [-0.1, -0.05) is 17.3 Å². The second-order valence-corrected chi connectivity index (χ2v) is 4.78. The van der Waals surface area contributed by atoms with Crippen molar-refractivity contribution in [2.24, 2.45) is 0 Å². The molecule has 0 saturated heterocycles. The van der Waals surface area contributed by atoms with Crippen LogP contribution >= 0.6 is 0 Å². The quantitative estimate of drug-likeness (QED) is 0.801. The lowest BCUT2D eigenvalue weighted by atomic mass is 10.1. The van der Waals surface area contributed by atoms with E-state index in [0.29, 0.717) is 10.9 Å². The first kappa shape index (κ1) is 14.3. The summed E-state index contributed by atoms with van der Waals surface area (Å²) < 4.78 is 27.7. The average Bonchev–Trinajstić information content (AvgIpc) is 2.52. The molecule has 1 heterocycles. The molecular formula is C15H11F2N3O2. The summed E-state index contributed by atoms with van der Waals surface area (Å²) in [6.07, 6.45) is -1.41. The molecular weight excluding hydrogens is 292 g/mol. The van der Waals surface area contributed by atoms with Gasteiger partial charge in [-0.15, -0.1) is 5.10 Å². The van der Waals surface area contributed by atoms with Gasteiger partial charge in [-0.05, 0) is 30.3 Å². The van der Waals surface area contributed by atoms with Gasteiger partial charge in [0, 0.05) is 5.56 Å². The van der Waals surface area contributed by atoms with Crippen LogP contribution in [0.3, 0.4) is 0 Å². The third-order valence-electron chi connectivity index (χ3n) is 3.29. The largest absolute Gasteiger partial charge is 0.386 e. The Morgan fingerprint density at radius 2 is 1.95 bits per heavy atom. The molecule has 1 N–H and O–H groups in total. The molecule has 1 aromatic heterocycles. The highest BCUT2D eigenvalue weighted by molar-refractivity contribution is 5.76. The third kappa shape index (κ3) is 2.58. The number of nitrogens with zero attached hydrogens (tertiary/aromatic N) is 3. The predicted molar refractivity (Wildman–Crippen MR) is 75.1 cm³/mol. The highest BCUT2D eigenvalue weighted by atomic mass is 19.1. The van der Waals surface area contributed by atoms with Crippen LogP contribution in [0, 0.1) is 11.6 Å². The molecule has 0 bridgehead atoms. The lowest BCUT2D eigenvalue weighted by molar-refractivity contribution is 0.143. The van der Waals surface area contributed by atoms with Gasteiger partial charge in [0.25, 0.3) is 5.56 Å². The Balaban J connectivity index is 1.97. The summed E-state index contributed by atoms with van der Waals surface area (Å²) in [5.41, 5.74) is -0.265. The zero-order chi connectivity index (χ0) is 15.7. The van der Waals surface area contributed by atoms with E-state index in [9.17, 15) is 18.7 Å². The normalized spacial score (nSPS) is 12.5. The third-order valence-corrected chi connectivity index (χ3v) is 3.29. The molecule has 0 radical (unpaired) electrons. The van der Waals surface area contributed by atoms with Gasteiger partial charge in [-0.2, -0.15) is 0 Å². The van der Waals surface area contributed by atoms with Crippen LogP contribution in [0.1, 0.15) is 11.7 Å². The fourth-order valence-corrected chi connectivity index (χ4v) is 2.18. The Morgan fingerprint density at radius 1 is 1.18 bits per heavy atom. The van der Waals surface area contributed by atoms with E-state index in [1.807, 2.05) is 0 Å². The SMILES string of the molecule is O=c1c2ccccc2nnn1C[C@@H](O)c1cc(F)ccc1F. The van der Waals surface area contributed by atoms with Gasteiger partial charge in [0.2, 0.25) is 0 Å². The zero-order valence-electron chi connectivity index (χ0n) is 11.3. The van der Waals surface area contributed by atoms with Crippen LogP contribution < -0.4 is 5.56 Å². The van der Waals surface area contributed by atoms with E-state index in [0.717, 1.165) is 22.9 Å². The molecule has 112 valence electrons. The minimum absolute atomic E-state index is 0.234. The molecule has 0 unspecified atom stereocenters. The Labute approximate surface area is 123 Å². The van der Waals surface area contributed by atoms with Crippen molar-refractivity contribution in [2.75, 3.05) is 0 Å². The Bertz CT molecular complexity index is 895. The van der Waals surface area contributed by atoms with Gasteiger partial charge in [0.1, 0.15) is 23.3 Å². The smallest absolute Gasteiger partial charge is 0.277 e. The fourth-order valence-electron chi connectivity index (χ4n) is 2.18. The number of rotatable bonds is 3. The molecule has 7 heteroatoms. The van der Waals surface area contributed by atoms with Gasteiger partial charge < -0.3 is 5.11 Å². The molecule has 0 spiro atoms. The number of aliphatic hydroxyl groups excluding tert-OH is 1. The van der Waals surface area contributed by atoms with Crippen molar-refractivity contribution in [2.45, 2.75) is 12.6 Å². The van der Waals surface area contributed by atoms with Gasteiger partial charge >= 0.3 is 0 Å². The second-order valence-electron chi connectivity index (χ2n) is 4.78. The van der Waals surface area contributed by atoms with E-state index < -0.39 is 23.3 Å². The van der Waals surface area contributed by atoms with Crippen molar-refractivity contribution in [1.29, 1.82) is 0 Å². The first-order valence-corrected chi connectivity index (χ1v) is 6.52. The maximum Gasteiger partial charge on any atom is 0.277 e. The summed E-state index contributed by atoms with van der Waals surface area (Å²) in [6, 6.07) is 9.38. The molecule has 1 atom stereocenters. The number of aliphatic hydroxyl groups is 1. The van der Waals surface area contributed by atoms with Crippen LogP contribution in [0.4, 0.5) is 8.78 Å². The number of halogens is 2. The number of fused-ring (bicyclic) bond motifs is 1. The van der Waals surface area contributed by atoms with Gasteiger partial charge in [-0.3, -0.25) is 4.79 Å². The zero-order valence-corrected chi connectivity index (χ0v) is 11.3. The molecule has 3 aromatic rings. The van der Waals surface area contributed by atoms with Crippen molar-refractivity contribution in [3.8, 4) is 0 Å². The van der Waals surface area contributed by atoms with Crippen LogP contribution in [0.5, 0.6) is 0 Å². The Kier molecular flexibility index (Phi) is 3.64. The summed E-state index contributed by atoms with van der Waals surface area (Å²) in [6.45, 7) is -0.322. The second kappa shape index (κ2) is 5.61. The maximum absolute atomic E-state index is 13.6. The topological polar surface area (TPSA) is 68.0 Å². The summed E-state index contributed by atoms with van der Waals surface area (Å²) >= 11 is 0. The minimum atomic E-state index is -1.41. The lowest BCUT2D eigenvalue weighted by Crippen LogP contribution is -2.27. The molecule has 3 rings (SSSR count). The van der Waals surface area contributed by atoms with Crippen molar-refractivity contribution in [3.63, 3.8) is 0 Å². The molecule has 0 amide bonds. The molecule has 22 heavy (non-hydrogen) atoms. The molecule has 0 fully saturated rings. The van der Waals surface area contributed by atoms with Gasteiger partial charge in [-0.25, -0.2) is 13.5 Å². The minimum Gasteiger partial charge on any atom is -0.386 e. The van der Waals surface area contributed by atoms with E-state index in [-0.39, 0.29) is 12.1 Å². The number of hydrogen-bond acceptors (Lipinski definition) is 4. The first-order valence-electron chi connectivity index (χ1n) is 6.52. The average molecular weight is 303 g/mol. The van der Waals surface area contributed by atoms with E-state index in [1.165, 1.54) is 0 Å². The molecule has 0 saturated carbocycles. The van der Waals surface area contributed by atoms with E-state index in [4.69, 9.17) is 0 Å². The van der Waals surface area contributed by atoms with Crippen LogP contribution in [0.2, 0.25) is 0 Å². The maximum atomic E-state index is 13.6. The highest BCUT2D eigenvalue weighted by Gasteiger charge is 2.16. The van der Waals surface area contributed by atoms with E-state index >= 15 is 0 Å². The predicted octanol–water partition coefficient (Wildman–Crippen LogP) is 1.80. The lowest BCUT2D eigenvalue weighted by Gasteiger charge is -2.13. The first-order chi connectivity index (χ1) is 10.6. The van der Waals surface area contributed by atoms with Gasteiger partial charge in [0.15, 0.2) is 0 Å². The van der Waals surface area contributed by atoms with Crippen LogP contribution in [-0.4, -0.2) is 20.1 Å². The van der Waals surface area contributed by atoms with E-state index in [1.54, 1.807) is 24.3 Å². The Hall–Kier alpha value is -2.67. The Morgan fingerprint density at radius 3 is 2.77 bits per heavy atom. The molecule has 2 aromatic carbocycles. The molecule has 0 aliphatic carbocycles. The number of benzene rings is 2. The summed E-state index contributed by atoms with van der Waals surface area (Å²) in [5.74, 6) is -1.43. The van der Waals surface area contributed by atoms with Crippen LogP contribution in [0.25, 0.3) is 10.9 Å². The summed E-state index contributed by atoms with van der Waals surface area (Å²) in [7, 11) is 0. The molecule has 0 aliphatic heterocycles. The van der Waals surface area contributed by atoms with Gasteiger partial charge in [0.05, 0.1) is 11.9 Å². The number of hydrogen-bond donors (Lipinski definition) is 1. The number of aromatic nitrogens is 3. The van der Waals surface area contributed by atoms with Crippen molar-refractivity contribution in [1.82, 2.24) is 15.0 Å². The fraction of sp³-hybridized carbons (Fsp3) is 0.133. The van der Waals surface area contributed by atoms with Crippen molar-refractivity contribution >= 4 is 10.9 Å². The summed E-state index contributed by atoms with van der Waals surface area (Å²) in [4.78, 5) is 12.2. The monoisotopic (exact) mass is 303 g/mol. The highest BCUT2D eigenvalue weighted by Crippen LogP contribution is 2.19. The van der Waals surface area contributed by atoms with Crippen molar-refractivity contribution < 1.29 is 13.9 Å². The van der Waals surface area contributed by atoms with Crippen LogP contribution in [-0.2, 0) is 6.54 Å². The van der Waals surface area contributed by atoms with Crippen molar-refractivity contribution in [3.05, 3.63) is 70.0 Å². The van der Waals surface area contributed by atoms with Crippen LogP contribution in [0.15, 0.2) is 47.3 Å². The molecule has 0 aliphatic rings. The van der Waals surface area contributed by atoms with E-state index in [2.05, 4.69) is 10.3 Å².